The molecule has 158 valence electrons. The number of nitrogens with zero attached hydrogens (tertiary/aromatic N) is 1. The monoisotopic (exact) mass is 453 g/mol. The summed E-state index contributed by atoms with van der Waals surface area (Å²) in [7, 11) is 0. The summed E-state index contributed by atoms with van der Waals surface area (Å²) in [6.45, 7) is 4.32. The Morgan fingerprint density at radius 1 is 1.06 bits per heavy atom. The summed E-state index contributed by atoms with van der Waals surface area (Å²) in [6.07, 6.45) is 0.389. The molecular formula is C24H21Cl2N3O2. The molecule has 1 amide bonds. The maximum absolute atomic E-state index is 12.7. The highest BCUT2D eigenvalue weighted by molar-refractivity contribution is 6.34. The standard InChI is InChI=1S/C24H21Cl2N3O2/c1-14(27)15-3-2-4-20(7-15)29-13-17(9-24(29)30)16-5-6-22(28)23(8-16)31-21-11-18(25)10-19(26)12-21/h2-8,10-12,17H,1,9,13,27-28H2/t17-/m0/s1. The molecule has 4 rings (SSSR count). The van der Waals surface area contributed by atoms with Gasteiger partial charge >= 0.3 is 0 Å². The first-order chi connectivity index (χ1) is 14.8. The first-order valence-corrected chi connectivity index (χ1v) is 10.4. The number of halogens is 2. The van der Waals surface area contributed by atoms with Crippen LogP contribution in [0.25, 0.3) is 5.70 Å². The van der Waals surface area contributed by atoms with Gasteiger partial charge < -0.3 is 21.1 Å². The summed E-state index contributed by atoms with van der Waals surface area (Å²) >= 11 is 12.1. The van der Waals surface area contributed by atoms with Crippen LogP contribution in [0.4, 0.5) is 11.4 Å². The van der Waals surface area contributed by atoms with Crippen LogP contribution >= 0.6 is 23.2 Å². The predicted molar refractivity (Wildman–Crippen MR) is 127 cm³/mol. The molecule has 3 aromatic carbocycles. The molecule has 31 heavy (non-hydrogen) atoms. The largest absolute Gasteiger partial charge is 0.455 e. The van der Waals surface area contributed by atoms with Gasteiger partial charge in [0.2, 0.25) is 5.91 Å². The normalized spacial score (nSPS) is 15.9. The Balaban J connectivity index is 1.58. The number of rotatable bonds is 5. The van der Waals surface area contributed by atoms with E-state index in [1.807, 2.05) is 36.4 Å². The lowest BCUT2D eigenvalue weighted by atomic mass is 9.97. The van der Waals surface area contributed by atoms with Crippen molar-refractivity contribution in [2.24, 2.45) is 5.73 Å². The minimum atomic E-state index is 0.00290. The number of carbonyl (C=O) groups is 1. The van der Waals surface area contributed by atoms with Gasteiger partial charge in [-0.25, -0.2) is 0 Å². The molecule has 7 heteroatoms. The molecule has 5 nitrogen and oxygen atoms in total. The molecule has 0 bridgehead atoms. The molecule has 0 spiro atoms. The van der Waals surface area contributed by atoms with Crippen molar-refractivity contribution >= 4 is 46.2 Å². The van der Waals surface area contributed by atoms with Crippen LogP contribution in [-0.2, 0) is 4.79 Å². The summed E-state index contributed by atoms with van der Waals surface area (Å²) in [5.41, 5.74) is 15.4. The molecule has 0 radical (unpaired) electrons. The van der Waals surface area contributed by atoms with Crippen molar-refractivity contribution in [3.05, 3.63) is 88.4 Å². The molecule has 1 atom stereocenters. The van der Waals surface area contributed by atoms with Gasteiger partial charge in [0.25, 0.3) is 0 Å². The van der Waals surface area contributed by atoms with Gasteiger partial charge in [-0.05, 0) is 53.6 Å². The zero-order chi connectivity index (χ0) is 22.1. The second-order valence-corrected chi connectivity index (χ2v) is 8.36. The van der Waals surface area contributed by atoms with Gasteiger partial charge in [-0.2, -0.15) is 0 Å². The highest BCUT2D eigenvalue weighted by Crippen LogP contribution is 2.37. The lowest BCUT2D eigenvalue weighted by Crippen LogP contribution is -2.24. The minimum absolute atomic E-state index is 0.00290. The molecule has 0 unspecified atom stereocenters. The van der Waals surface area contributed by atoms with Gasteiger partial charge in [0.15, 0.2) is 5.75 Å². The quantitative estimate of drug-likeness (QED) is 0.476. The van der Waals surface area contributed by atoms with Crippen molar-refractivity contribution in [1.29, 1.82) is 0 Å². The van der Waals surface area contributed by atoms with E-state index < -0.39 is 0 Å². The van der Waals surface area contributed by atoms with Crippen LogP contribution in [0.2, 0.25) is 10.0 Å². The van der Waals surface area contributed by atoms with E-state index in [1.165, 1.54) is 0 Å². The van der Waals surface area contributed by atoms with Crippen LogP contribution in [0.15, 0.2) is 67.2 Å². The third kappa shape index (κ3) is 4.63. The first-order valence-electron chi connectivity index (χ1n) is 9.68. The van der Waals surface area contributed by atoms with Crippen LogP contribution in [0, 0.1) is 0 Å². The fourth-order valence-electron chi connectivity index (χ4n) is 3.66. The Hall–Kier alpha value is -3.15. The van der Waals surface area contributed by atoms with Crippen LogP contribution in [0.5, 0.6) is 11.5 Å². The fourth-order valence-corrected chi connectivity index (χ4v) is 4.17. The molecular weight excluding hydrogens is 433 g/mol. The summed E-state index contributed by atoms with van der Waals surface area (Å²) in [4.78, 5) is 14.5. The fraction of sp³-hybridized carbons (Fsp3) is 0.125. The predicted octanol–water partition coefficient (Wildman–Crippen LogP) is 5.82. The van der Waals surface area contributed by atoms with E-state index in [-0.39, 0.29) is 11.8 Å². The topological polar surface area (TPSA) is 81.6 Å². The van der Waals surface area contributed by atoms with Gasteiger partial charge in [0.05, 0.1) is 5.69 Å². The van der Waals surface area contributed by atoms with Crippen molar-refractivity contribution < 1.29 is 9.53 Å². The van der Waals surface area contributed by atoms with E-state index in [0.29, 0.717) is 45.9 Å². The number of nitrogens with two attached hydrogens (primary N) is 2. The first kappa shape index (κ1) is 21.1. The van der Waals surface area contributed by atoms with E-state index >= 15 is 0 Å². The van der Waals surface area contributed by atoms with Gasteiger partial charge in [-0.3, -0.25) is 4.79 Å². The van der Waals surface area contributed by atoms with Crippen LogP contribution in [0.1, 0.15) is 23.5 Å². The number of carbonyl (C=O) groups excluding carboxylic acids is 1. The molecule has 1 heterocycles. The number of nitrogen functional groups attached to an aromatic ring is 1. The summed E-state index contributed by atoms with van der Waals surface area (Å²) in [5.74, 6) is 1.03. The average Bonchev–Trinajstić information content (AvgIpc) is 3.10. The summed E-state index contributed by atoms with van der Waals surface area (Å²) < 4.78 is 5.94. The maximum atomic E-state index is 12.7. The van der Waals surface area contributed by atoms with Crippen LogP contribution in [0.3, 0.4) is 0 Å². The number of benzene rings is 3. The molecule has 1 aliphatic rings. The summed E-state index contributed by atoms with van der Waals surface area (Å²) in [6, 6.07) is 18.0. The van der Waals surface area contributed by atoms with E-state index in [2.05, 4.69) is 6.58 Å². The van der Waals surface area contributed by atoms with Gasteiger partial charge in [-0.1, -0.05) is 48.0 Å². The Bertz CT molecular complexity index is 1160. The number of anilines is 2. The molecule has 3 aromatic rings. The molecule has 1 fully saturated rings. The lowest BCUT2D eigenvalue weighted by Gasteiger charge is -2.18. The van der Waals surface area contributed by atoms with E-state index in [0.717, 1.165) is 16.8 Å². The molecule has 4 N–H and O–H groups in total. The Morgan fingerprint density at radius 2 is 1.81 bits per heavy atom. The van der Waals surface area contributed by atoms with Crippen molar-refractivity contribution in [2.75, 3.05) is 17.2 Å². The van der Waals surface area contributed by atoms with Crippen molar-refractivity contribution in [3.8, 4) is 11.5 Å². The summed E-state index contributed by atoms with van der Waals surface area (Å²) in [5, 5.41) is 0.938. The second-order valence-electron chi connectivity index (χ2n) is 7.49. The number of hydrogen-bond acceptors (Lipinski definition) is 4. The van der Waals surface area contributed by atoms with E-state index in [1.54, 1.807) is 29.2 Å². The number of ether oxygens (including phenoxy) is 1. The zero-order valence-electron chi connectivity index (χ0n) is 16.6. The second kappa shape index (κ2) is 8.53. The molecule has 0 aliphatic carbocycles. The van der Waals surface area contributed by atoms with Crippen molar-refractivity contribution in [1.82, 2.24) is 0 Å². The zero-order valence-corrected chi connectivity index (χ0v) is 18.2. The van der Waals surface area contributed by atoms with Gasteiger partial charge in [-0.15, -0.1) is 0 Å². The van der Waals surface area contributed by atoms with Crippen LogP contribution in [-0.4, -0.2) is 12.5 Å². The van der Waals surface area contributed by atoms with E-state index in [4.69, 9.17) is 39.4 Å². The molecule has 0 saturated carbocycles. The SMILES string of the molecule is C=C(N)c1cccc(N2C[C@@H](c3ccc(N)c(Oc4cc(Cl)cc(Cl)c4)c3)CC2=O)c1. The van der Waals surface area contributed by atoms with E-state index in [9.17, 15) is 4.79 Å². The molecule has 1 saturated heterocycles. The third-order valence-corrected chi connectivity index (χ3v) is 5.66. The molecule has 1 aliphatic heterocycles. The smallest absolute Gasteiger partial charge is 0.227 e. The van der Waals surface area contributed by atoms with Gasteiger partial charge in [0.1, 0.15) is 5.75 Å². The molecule has 0 aromatic heterocycles. The third-order valence-electron chi connectivity index (χ3n) is 5.23. The Labute approximate surface area is 190 Å². The maximum Gasteiger partial charge on any atom is 0.227 e. The lowest BCUT2D eigenvalue weighted by molar-refractivity contribution is -0.117. The Morgan fingerprint density at radius 3 is 2.52 bits per heavy atom. The van der Waals surface area contributed by atoms with Crippen LogP contribution < -0.4 is 21.1 Å². The average molecular weight is 454 g/mol. The van der Waals surface area contributed by atoms with Gasteiger partial charge in [0, 0.05) is 40.3 Å². The number of amides is 1. The highest BCUT2D eigenvalue weighted by Gasteiger charge is 2.32. The Kier molecular flexibility index (Phi) is 5.81. The number of hydrogen-bond donors (Lipinski definition) is 2. The van der Waals surface area contributed by atoms with Crippen molar-refractivity contribution in [2.45, 2.75) is 12.3 Å². The minimum Gasteiger partial charge on any atom is -0.455 e. The highest BCUT2D eigenvalue weighted by atomic mass is 35.5. The van der Waals surface area contributed by atoms with Crippen molar-refractivity contribution in [3.63, 3.8) is 0 Å².